The van der Waals surface area contributed by atoms with Crippen molar-refractivity contribution < 1.29 is 13.7 Å². The van der Waals surface area contributed by atoms with Crippen molar-refractivity contribution in [3.63, 3.8) is 0 Å². The van der Waals surface area contributed by atoms with Crippen LogP contribution in [0.15, 0.2) is 57.7 Å². The molecule has 0 atom stereocenters. The zero-order valence-electron chi connectivity index (χ0n) is 13.1. The molecule has 0 radical (unpaired) electrons. The van der Waals surface area contributed by atoms with Gasteiger partial charge in [-0.3, -0.25) is 10.1 Å². The van der Waals surface area contributed by atoms with E-state index in [9.17, 15) is 4.79 Å². The Labute approximate surface area is 146 Å². The standard InChI is InChI=1S/C17H12N4O3S/c1-10-13(16-19-14(21-24-16)11-6-3-2-4-7-11)25-17(18-10)20-15(22)12-8-5-9-23-12/h2-9H,1H3,(H,18,20,22). The average Bonchev–Trinajstić information content (AvgIpc) is 3.36. The number of rotatable bonds is 4. The average molecular weight is 352 g/mol. The molecule has 0 spiro atoms. The van der Waals surface area contributed by atoms with E-state index in [1.54, 1.807) is 12.1 Å². The van der Waals surface area contributed by atoms with Crippen LogP contribution in [0.3, 0.4) is 0 Å². The Bertz CT molecular complexity index is 1010. The van der Waals surface area contributed by atoms with Crippen molar-refractivity contribution in [2.45, 2.75) is 6.92 Å². The molecule has 0 unspecified atom stereocenters. The monoisotopic (exact) mass is 352 g/mol. The fourth-order valence-electron chi connectivity index (χ4n) is 2.23. The van der Waals surface area contributed by atoms with Crippen LogP contribution in [0, 0.1) is 6.92 Å². The van der Waals surface area contributed by atoms with Gasteiger partial charge in [-0.15, -0.1) is 0 Å². The zero-order chi connectivity index (χ0) is 17.2. The summed E-state index contributed by atoms with van der Waals surface area (Å²) in [6, 6.07) is 12.8. The fourth-order valence-corrected chi connectivity index (χ4v) is 3.12. The number of anilines is 1. The van der Waals surface area contributed by atoms with E-state index in [2.05, 4.69) is 20.4 Å². The molecule has 1 N–H and O–H groups in total. The summed E-state index contributed by atoms with van der Waals surface area (Å²) in [5.74, 6) is 0.733. The molecule has 0 aliphatic carbocycles. The summed E-state index contributed by atoms with van der Waals surface area (Å²) in [6.07, 6.45) is 1.44. The molecule has 0 fully saturated rings. The van der Waals surface area contributed by atoms with E-state index in [0.717, 1.165) is 5.56 Å². The second kappa shape index (κ2) is 6.33. The van der Waals surface area contributed by atoms with Crippen molar-refractivity contribution in [2.24, 2.45) is 0 Å². The first kappa shape index (κ1) is 15.3. The molecule has 0 saturated carbocycles. The summed E-state index contributed by atoms with van der Waals surface area (Å²) in [5, 5.41) is 7.14. The molecule has 0 saturated heterocycles. The molecule has 1 aromatic carbocycles. The summed E-state index contributed by atoms with van der Waals surface area (Å²) in [4.78, 5) is 21.5. The Kier molecular flexibility index (Phi) is 3.87. The van der Waals surface area contributed by atoms with E-state index in [1.165, 1.54) is 17.6 Å². The number of amides is 1. The number of nitrogens with one attached hydrogen (secondary N) is 1. The third-order valence-corrected chi connectivity index (χ3v) is 4.48. The molecule has 124 valence electrons. The van der Waals surface area contributed by atoms with Crippen LogP contribution in [-0.2, 0) is 0 Å². The predicted molar refractivity (Wildman–Crippen MR) is 92.2 cm³/mol. The van der Waals surface area contributed by atoms with E-state index in [4.69, 9.17) is 8.94 Å². The quantitative estimate of drug-likeness (QED) is 0.596. The maximum atomic E-state index is 12.0. The Hall–Kier alpha value is -3.26. The fraction of sp³-hybridized carbons (Fsp3) is 0.0588. The highest BCUT2D eigenvalue weighted by Crippen LogP contribution is 2.33. The van der Waals surface area contributed by atoms with Crippen LogP contribution >= 0.6 is 11.3 Å². The molecular weight excluding hydrogens is 340 g/mol. The lowest BCUT2D eigenvalue weighted by molar-refractivity contribution is 0.0996. The Balaban J connectivity index is 1.59. The van der Waals surface area contributed by atoms with Crippen molar-refractivity contribution in [1.29, 1.82) is 0 Å². The van der Waals surface area contributed by atoms with E-state index in [0.29, 0.717) is 27.4 Å². The zero-order valence-corrected chi connectivity index (χ0v) is 13.9. The van der Waals surface area contributed by atoms with Crippen molar-refractivity contribution in [1.82, 2.24) is 15.1 Å². The Morgan fingerprint density at radius 3 is 2.72 bits per heavy atom. The molecule has 25 heavy (non-hydrogen) atoms. The highest BCUT2D eigenvalue weighted by atomic mass is 32.1. The van der Waals surface area contributed by atoms with Gasteiger partial charge in [-0.25, -0.2) is 4.98 Å². The number of aryl methyl sites for hydroxylation is 1. The molecular formula is C17H12N4O3S. The number of hydrogen-bond donors (Lipinski definition) is 1. The molecule has 8 heteroatoms. The van der Waals surface area contributed by atoms with E-state index < -0.39 is 0 Å². The minimum atomic E-state index is -0.360. The highest BCUT2D eigenvalue weighted by molar-refractivity contribution is 7.19. The molecule has 0 bridgehead atoms. The number of benzene rings is 1. The number of aromatic nitrogens is 3. The topological polar surface area (TPSA) is 94.1 Å². The third-order valence-electron chi connectivity index (χ3n) is 3.41. The highest BCUT2D eigenvalue weighted by Gasteiger charge is 2.19. The summed E-state index contributed by atoms with van der Waals surface area (Å²) < 4.78 is 10.4. The summed E-state index contributed by atoms with van der Waals surface area (Å²) >= 11 is 1.27. The van der Waals surface area contributed by atoms with Gasteiger partial charge in [0.1, 0.15) is 4.88 Å². The van der Waals surface area contributed by atoms with E-state index in [-0.39, 0.29) is 11.7 Å². The smallest absolute Gasteiger partial charge is 0.293 e. The number of thiazole rings is 1. The van der Waals surface area contributed by atoms with Crippen LogP contribution in [0.1, 0.15) is 16.2 Å². The molecule has 0 aliphatic heterocycles. The number of carbonyl (C=O) groups excluding carboxylic acids is 1. The van der Waals surface area contributed by atoms with Crippen molar-refractivity contribution in [3.8, 4) is 22.2 Å². The maximum absolute atomic E-state index is 12.0. The first-order chi connectivity index (χ1) is 12.2. The number of furan rings is 1. The summed E-state index contributed by atoms with van der Waals surface area (Å²) in [5.41, 5.74) is 1.56. The Morgan fingerprint density at radius 1 is 1.12 bits per heavy atom. The molecule has 4 rings (SSSR count). The van der Waals surface area contributed by atoms with Gasteiger partial charge in [0.2, 0.25) is 5.82 Å². The first-order valence-electron chi connectivity index (χ1n) is 7.42. The van der Waals surface area contributed by atoms with Gasteiger partial charge in [0, 0.05) is 5.56 Å². The molecule has 3 aromatic heterocycles. The normalized spacial score (nSPS) is 10.8. The molecule has 0 aliphatic rings. The number of nitrogens with zero attached hydrogens (tertiary/aromatic N) is 3. The Morgan fingerprint density at radius 2 is 1.96 bits per heavy atom. The van der Waals surface area contributed by atoms with Crippen LogP contribution in [0.4, 0.5) is 5.13 Å². The largest absolute Gasteiger partial charge is 0.459 e. The van der Waals surface area contributed by atoms with Gasteiger partial charge in [-0.1, -0.05) is 46.8 Å². The van der Waals surface area contributed by atoms with Gasteiger partial charge in [-0.05, 0) is 19.1 Å². The summed E-state index contributed by atoms with van der Waals surface area (Å²) in [7, 11) is 0. The van der Waals surface area contributed by atoms with Gasteiger partial charge in [-0.2, -0.15) is 4.98 Å². The van der Waals surface area contributed by atoms with Crippen molar-refractivity contribution in [2.75, 3.05) is 5.32 Å². The van der Waals surface area contributed by atoms with Crippen LogP contribution < -0.4 is 5.32 Å². The van der Waals surface area contributed by atoms with Gasteiger partial charge in [0.15, 0.2) is 10.9 Å². The summed E-state index contributed by atoms with van der Waals surface area (Å²) in [6.45, 7) is 1.82. The molecule has 3 heterocycles. The van der Waals surface area contributed by atoms with E-state index >= 15 is 0 Å². The van der Waals surface area contributed by atoms with Gasteiger partial charge in [0.05, 0.1) is 12.0 Å². The number of hydrogen-bond acceptors (Lipinski definition) is 7. The molecule has 4 aromatic rings. The molecule has 1 amide bonds. The van der Waals surface area contributed by atoms with Crippen molar-refractivity contribution in [3.05, 3.63) is 60.2 Å². The second-order valence-electron chi connectivity index (χ2n) is 5.15. The van der Waals surface area contributed by atoms with Gasteiger partial charge >= 0.3 is 0 Å². The maximum Gasteiger partial charge on any atom is 0.293 e. The van der Waals surface area contributed by atoms with Gasteiger partial charge < -0.3 is 8.94 Å². The lowest BCUT2D eigenvalue weighted by atomic mass is 10.2. The second-order valence-corrected chi connectivity index (χ2v) is 6.15. The SMILES string of the molecule is Cc1nc(NC(=O)c2ccco2)sc1-c1nc(-c2ccccc2)no1. The van der Waals surface area contributed by atoms with Gasteiger partial charge in [0.25, 0.3) is 11.8 Å². The minimum absolute atomic E-state index is 0.221. The third kappa shape index (κ3) is 3.07. The minimum Gasteiger partial charge on any atom is -0.459 e. The predicted octanol–water partition coefficient (Wildman–Crippen LogP) is 4.01. The lowest BCUT2D eigenvalue weighted by Crippen LogP contribution is -2.10. The number of carbonyl (C=O) groups is 1. The molecule has 7 nitrogen and oxygen atoms in total. The first-order valence-corrected chi connectivity index (χ1v) is 8.24. The van der Waals surface area contributed by atoms with Crippen LogP contribution in [0.5, 0.6) is 0 Å². The lowest BCUT2D eigenvalue weighted by Gasteiger charge is -1.96. The van der Waals surface area contributed by atoms with Crippen LogP contribution in [0.2, 0.25) is 0 Å². The van der Waals surface area contributed by atoms with Crippen LogP contribution in [-0.4, -0.2) is 21.0 Å². The van der Waals surface area contributed by atoms with Crippen LogP contribution in [0.25, 0.3) is 22.2 Å². The van der Waals surface area contributed by atoms with Crippen molar-refractivity contribution >= 4 is 22.4 Å². The van der Waals surface area contributed by atoms with E-state index in [1.807, 2.05) is 37.3 Å².